The lowest BCUT2D eigenvalue weighted by Crippen LogP contribution is -2.33. The first-order valence-corrected chi connectivity index (χ1v) is 12.7. The smallest absolute Gasteiger partial charge is 0.344 e. The maximum atomic E-state index is 12.2. The Morgan fingerprint density at radius 3 is 2.77 bits per heavy atom. The van der Waals surface area contributed by atoms with Gasteiger partial charge in [-0.1, -0.05) is 17.4 Å². The van der Waals surface area contributed by atoms with Crippen molar-refractivity contribution in [2.45, 2.75) is 49.3 Å². The van der Waals surface area contributed by atoms with E-state index in [0.717, 1.165) is 21.4 Å². The van der Waals surface area contributed by atoms with E-state index in [1.807, 2.05) is 30.8 Å². The van der Waals surface area contributed by atoms with E-state index in [1.165, 1.54) is 30.6 Å². The molecule has 2 aromatic rings. The molecule has 4 unspecified atom stereocenters. The predicted molar refractivity (Wildman–Crippen MR) is 120 cm³/mol. The van der Waals surface area contributed by atoms with Crippen molar-refractivity contribution in [3.05, 3.63) is 38.3 Å². The van der Waals surface area contributed by atoms with Gasteiger partial charge in [0.1, 0.15) is 0 Å². The summed E-state index contributed by atoms with van der Waals surface area (Å²) < 4.78 is 16.5. The molecule has 5 atom stereocenters. The van der Waals surface area contributed by atoms with Gasteiger partial charge in [0.25, 0.3) is 0 Å². The number of fused-ring (bicyclic) bond motifs is 6. The van der Waals surface area contributed by atoms with E-state index >= 15 is 0 Å². The molecule has 1 aliphatic heterocycles. The highest BCUT2D eigenvalue weighted by molar-refractivity contribution is 8.00. The number of nitrogens with one attached hydrogen (secondary N) is 1. The van der Waals surface area contributed by atoms with Gasteiger partial charge in [0.2, 0.25) is 0 Å². The molecule has 0 amide bonds. The third kappa shape index (κ3) is 3.78. The van der Waals surface area contributed by atoms with E-state index < -0.39 is 5.97 Å². The third-order valence-corrected chi connectivity index (χ3v) is 9.37. The van der Waals surface area contributed by atoms with Crippen molar-refractivity contribution in [1.82, 2.24) is 4.98 Å². The van der Waals surface area contributed by atoms with Gasteiger partial charge in [0.15, 0.2) is 18.1 Å². The van der Waals surface area contributed by atoms with Crippen LogP contribution in [0.5, 0.6) is 11.5 Å². The topological polar surface area (TPSA) is 77.6 Å². The van der Waals surface area contributed by atoms with E-state index in [1.54, 1.807) is 6.92 Å². The number of thioether (sulfide) groups is 1. The molecule has 0 radical (unpaired) electrons. The maximum absolute atomic E-state index is 12.2. The van der Waals surface area contributed by atoms with Crippen molar-refractivity contribution in [2.24, 2.45) is 17.8 Å². The summed E-state index contributed by atoms with van der Waals surface area (Å²) in [5.74, 6) is 2.97. The van der Waals surface area contributed by atoms with Gasteiger partial charge in [-0.3, -0.25) is 4.79 Å². The number of H-pyrrole nitrogens is 1. The highest BCUT2D eigenvalue weighted by Gasteiger charge is 2.54. The Morgan fingerprint density at radius 1 is 1.13 bits per heavy atom. The van der Waals surface area contributed by atoms with Crippen LogP contribution in [-0.4, -0.2) is 36.0 Å². The fourth-order valence-electron chi connectivity index (χ4n) is 5.67. The van der Waals surface area contributed by atoms with Gasteiger partial charge in [-0.05, 0) is 68.6 Å². The molecule has 8 heteroatoms. The minimum absolute atomic E-state index is 0.0224. The SMILES string of the molecule is CCOC(=O)COc1ccc([C@H]2c3sc(=O)[nH]c3SC3C4CCC(C4)C32)cc1OCC. The number of carbonyl (C=O) groups excluding carboxylic acids is 1. The van der Waals surface area contributed by atoms with Crippen molar-refractivity contribution in [3.63, 3.8) is 0 Å². The normalized spacial score (nSPS) is 28.1. The molecule has 31 heavy (non-hydrogen) atoms. The van der Waals surface area contributed by atoms with Gasteiger partial charge in [0.05, 0.1) is 18.2 Å². The van der Waals surface area contributed by atoms with Crippen LogP contribution in [0.1, 0.15) is 49.5 Å². The molecule has 1 aromatic carbocycles. The molecule has 2 saturated carbocycles. The monoisotopic (exact) mass is 461 g/mol. The molecule has 166 valence electrons. The summed E-state index contributed by atoms with van der Waals surface area (Å²) in [6.07, 6.45) is 3.90. The van der Waals surface area contributed by atoms with Crippen LogP contribution in [0.2, 0.25) is 0 Å². The third-order valence-electron chi connectivity index (χ3n) is 6.74. The maximum Gasteiger partial charge on any atom is 0.344 e. The van der Waals surface area contributed by atoms with Crippen LogP contribution in [0.15, 0.2) is 28.0 Å². The van der Waals surface area contributed by atoms with Gasteiger partial charge in [-0.25, -0.2) is 4.79 Å². The molecule has 0 spiro atoms. The second-order valence-electron chi connectivity index (χ2n) is 8.41. The lowest BCUT2D eigenvalue weighted by atomic mass is 9.75. The van der Waals surface area contributed by atoms with Gasteiger partial charge in [-0.2, -0.15) is 0 Å². The van der Waals surface area contributed by atoms with Crippen LogP contribution in [0, 0.1) is 17.8 Å². The van der Waals surface area contributed by atoms with E-state index in [0.29, 0.717) is 41.8 Å². The summed E-state index contributed by atoms with van der Waals surface area (Å²) >= 11 is 3.24. The van der Waals surface area contributed by atoms with Gasteiger partial charge >= 0.3 is 10.8 Å². The number of esters is 1. The minimum atomic E-state index is -0.398. The number of hydrogen-bond donors (Lipinski definition) is 1. The zero-order valence-electron chi connectivity index (χ0n) is 17.7. The van der Waals surface area contributed by atoms with Crippen molar-refractivity contribution in [2.75, 3.05) is 19.8 Å². The average molecular weight is 462 g/mol. The minimum Gasteiger partial charge on any atom is -0.490 e. The van der Waals surface area contributed by atoms with Crippen LogP contribution in [0.3, 0.4) is 0 Å². The molecular weight excluding hydrogens is 434 g/mol. The number of ether oxygens (including phenoxy) is 3. The Kier molecular flexibility index (Phi) is 5.77. The first-order chi connectivity index (χ1) is 15.1. The Labute approximate surface area is 189 Å². The van der Waals surface area contributed by atoms with Crippen molar-refractivity contribution in [1.29, 1.82) is 0 Å². The summed E-state index contributed by atoms with van der Waals surface area (Å²) in [4.78, 5) is 28.2. The zero-order chi connectivity index (χ0) is 21.5. The lowest BCUT2D eigenvalue weighted by Gasteiger charge is -2.40. The fraction of sp³-hybridized carbons (Fsp3) is 0.565. The van der Waals surface area contributed by atoms with Crippen LogP contribution in [0.25, 0.3) is 0 Å². The molecule has 0 saturated heterocycles. The quantitative estimate of drug-likeness (QED) is 0.615. The number of benzene rings is 1. The molecule has 1 aromatic heterocycles. The first-order valence-electron chi connectivity index (χ1n) is 11.0. The standard InChI is InChI=1S/C23H27NO5S2/c1-3-27-16-10-13(7-8-15(16)29-11-17(25)28-4-2)19-18-12-5-6-14(9-12)20(18)30-22-21(19)31-23(26)24-22/h7-8,10,12,14,18-20H,3-6,9,11H2,1-2H3,(H,24,26)/t12?,14?,18?,19-,20?/m1/s1. The molecular formula is C23H27NO5S2. The molecule has 3 aliphatic rings. The second-order valence-corrected chi connectivity index (χ2v) is 10.6. The zero-order valence-corrected chi connectivity index (χ0v) is 19.4. The molecule has 2 bridgehead atoms. The highest BCUT2D eigenvalue weighted by Crippen LogP contribution is 2.63. The Bertz CT molecular complexity index is 1030. The van der Waals surface area contributed by atoms with Crippen LogP contribution in [-0.2, 0) is 9.53 Å². The van der Waals surface area contributed by atoms with E-state index in [9.17, 15) is 9.59 Å². The van der Waals surface area contributed by atoms with Crippen LogP contribution >= 0.6 is 23.1 Å². The predicted octanol–water partition coefficient (Wildman–Crippen LogP) is 4.43. The second kappa shape index (κ2) is 8.54. The van der Waals surface area contributed by atoms with Crippen LogP contribution in [0.4, 0.5) is 0 Å². The molecule has 6 nitrogen and oxygen atoms in total. The van der Waals surface area contributed by atoms with Crippen LogP contribution < -0.4 is 14.3 Å². The number of hydrogen-bond acceptors (Lipinski definition) is 7. The summed E-state index contributed by atoms with van der Waals surface area (Å²) in [5.41, 5.74) is 1.16. The largest absolute Gasteiger partial charge is 0.490 e. The van der Waals surface area contributed by atoms with Crippen molar-refractivity contribution in [3.8, 4) is 11.5 Å². The Balaban J connectivity index is 1.50. The Morgan fingerprint density at radius 2 is 1.97 bits per heavy atom. The molecule has 2 fully saturated rings. The number of aromatic amines is 1. The number of carbonyl (C=O) groups is 1. The number of aromatic nitrogens is 1. The number of thiazole rings is 1. The number of rotatable bonds is 7. The van der Waals surface area contributed by atoms with Gasteiger partial charge in [0, 0.05) is 16.0 Å². The van der Waals surface area contributed by atoms with Gasteiger partial charge in [-0.15, -0.1) is 11.8 Å². The van der Waals surface area contributed by atoms with E-state index in [4.69, 9.17) is 14.2 Å². The summed E-state index contributed by atoms with van der Waals surface area (Å²) in [6, 6.07) is 6.00. The average Bonchev–Trinajstić information content (AvgIpc) is 3.45. The summed E-state index contributed by atoms with van der Waals surface area (Å²) in [7, 11) is 0. The fourth-order valence-corrected chi connectivity index (χ4v) is 8.56. The molecule has 2 heterocycles. The lowest BCUT2D eigenvalue weighted by molar-refractivity contribution is -0.145. The first kappa shape index (κ1) is 20.9. The molecule has 1 N–H and O–H groups in total. The molecule has 2 aliphatic carbocycles. The molecule has 5 rings (SSSR count). The summed E-state index contributed by atoms with van der Waals surface area (Å²) in [6.45, 7) is 4.38. The Hall–Kier alpha value is -1.93. The highest BCUT2D eigenvalue weighted by atomic mass is 32.2. The summed E-state index contributed by atoms with van der Waals surface area (Å²) in [5, 5.41) is 1.62. The van der Waals surface area contributed by atoms with Crippen molar-refractivity contribution >= 4 is 29.1 Å². The van der Waals surface area contributed by atoms with Crippen molar-refractivity contribution < 1.29 is 19.0 Å². The van der Waals surface area contributed by atoms with E-state index in [2.05, 4.69) is 11.1 Å². The van der Waals surface area contributed by atoms with Gasteiger partial charge < -0.3 is 19.2 Å². The van der Waals surface area contributed by atoms with E-state index in [-0.39, 0.29) is 17.4 Å².